The molecule has 5 nitrogen and oxygen atoms in total. The molecule has 0 aliphatic rings. The van der Waals surface area contributed by atoms with Crippen molar-refractivity contribution >= 4 is 17.5 Å². The lowest BCUT2D eigenvalue weighted by molar-refractivity contribution is 0.373. The maximum absolute atomic E-state index is 6.08. The summed E-state index contributed by atoms with van der Waals surface area (Å²) in [4.78, 5) is 8.35. The molecule has 1 aromatic carbocycles. The average molecular weight is 280 g/mol. The monoisotopic (exact) mass is 279 g/mol. The number of halogens is 1. The fourth-order valence-electron chi connectivity index (χ4n) is 1.51. The first kappa shape index (κ1) is 13.4. The van der Waals surface area contributed by atoms with Gasteiger partial charge in [0, 0.05) is 11.6 Å². The molecule has 0 fully saturated rings. The Labute approximate surface area is 116 Å². The molecule has 0 radical (unpaired) electrons. The maximum atomic E-state index is 6.08. The van der Waals surface area contributed by atoms with Crippen LogP contribution in [0.25, 0.3) is 0 Å². The molecular formula is C13H14ClN3O2. The summed E-state index contributed by atoms with van der Waals surface area (Å²) < 4.78 is 10.2. The van der Waals surface area contributed by atoms with Gasteiger partial charge in [-0.15, -0.1) is 0 Å². The molecule has 0 saturated heterocycles. The highest BCUT2D eigenvalue weighted by atomic mass is 35.5. The minimum absolute atomic E-state index is 0.427. The van der Waals surface area contributed by atoms with Crippen molar-refractivity contribution < 1.29 is 9.47 Å². The topological polar surface area (TPSA) is 56.3 Å². The molecule has 100 valence electrons. The molecule has 1 heterocycles. The smallest absolute Gasteiger partial charge is 0.229 e. The normalized spacial score (nSPS) is 10.1. The first-order valence-corrected chi connectivity index (χ1v) is 6.05. The first-order valence-electron chi connectivity index (χ1n) is 5.67. The van der Waals surface area contributed by atoms with Crippen molar-refractivity contribution in [2.75, 3.05) is 19.5 Å². The molecular weight excluding hydrogens is 266 g/mol. The molecule has 0 aliphatic carbocycles. The predicted molar refractivity (Wildman–Crippen MR) is 73.9 cm³/mol. The Kier molecular flexibility index (Phi) is 4.41. The minimum Gasteiger partial charge on any atom is -0.481 e. The Morgan fingerprint density at radius 1 is 1.11 bits per heavy atom. The lowest BCUT2D eigenvalue weighted by atomic mass is 10.2. The van der Waals surface area contributed by atoms with Crippen LogP contribution in [0.2, 0.25) is 5.02 Å². The summed E-state index contributed by atoms with van der Waals surface area (Å²) in [5, 5.41) is 3.78. The van der Waals surface area contributed by atoms with Crippen molar-refractivity contribution in [3.63, 3.8) is 0 Å². The van der Waals surface area contributed by atoms with Crippen LogP contribution in [-0.4, -0.2) is 24.2 Å². The van der Waals surface area contributed by atoms with Crippen molar-refractivity contribution in [2.24, 2.45) is 0 Å². The molecule has 1 N–H and O–H groups in total. The van der Waals surface area contributed by atoms with Crippen molar-refractivity contribution in [3.8, 4) is 11.8 Å². The molecule has 2 aromatic rings. The number of rotatable bonds is 5. The SMILES string of the molecule is COc1cc(OC)nc(NCc2ccccc2Cl)n1. The van der Waals surface area contributed by atoms with Crippen LogP contribution in [0, 0.1) is 0 Å². The minimum atomic E-state index is 0.427. The van der Waals surface area contributed by atoms with E-state index in [4.69, 9.17) is 21.1 Å². The number of anilines is 1. The van der Waals surface area contributed by atoms with Crippen LogP contribution in [0.4, 0.5) is 5.95 Å². The Morgan fingerprint density at radius 2 is 1.74 bits per heavy atom. The Bertz CT molecular complexity index is 541. The van der Waals surface area contributed by atoms with Crippen molar-refractivity contribution in [1.29, 1.82) is 0 Å². The van der Waals surface area contributed by atoms with E-state index >= 15 is 0 Å². The van der Waals surface area contributed by atoms with Crippen LogP contribution in [0.3, 0.4) is 0 Å². The van der Waals surface area contributed by atoms with Gasteiger partial charge in [0.05, 0.1) is 20.3 Å². The van der Waals surface area contributed by atoms with E-state index in [2.05, 4.69) is 15.3 Å². The molecule has 0 aliphatic heterocycles. The molecule has 0 saturated carbocycles. The molecule has 0 bridgehead atoms. The van der Waals surface area contributed by atoms with Gasteiger partial charge < -0.3 is 14.8 Å². The lowest BCUT2D eigenvalue weighted by Gasteiger charge is -2.09. The van der Waals surface area contributed by atoms with E-state index in [1.54, 1.807) is 20.3 Å². The van der Waals surface area contributed by atoms with Gasteiger partial charge in [0.25, 0.3) is 0 Å². The van der Waals surface area contributed by atoms with Gasteiger partial charge in [-0.1, -0.05) is 29.8 Å². The third-order valence-electron chi connectivity index (χ3n) is 2.49. The molecule has 0 amide bonds. The second-order valence-corrected chi connectivity index (χ2v) is 4.13. The van der Waals surface area contributed by atoms with E-state index < -0.39 is 0 Å². The number of ether oxygens (including phenoxy) is 2. The first-order chi connectivity index (χ1) is 9.22. The summed E-state index contributed by atoms with van der Waals surface area (Å²) in [6.07, 6.45) is 0. The third-order valence-corrected chi connectivity index (χ3v) is 2.86. The average Bonchev–Trinajstić information content (AvgIpc) is 2.46. The van der Waals surface area contributed by atoms with E-state index in [9.17, 15) is 0 Å². The molecule has 6 heteroatoms. The second kappa shape index (κ2) is 6.24. The second-order valence-electron chi connectivity index (χ2n) is 3.72. The van der Waals surface area contributed by atoms with E-state index in [0.717, 1.165) is 5.56 Å². The van der Waals surface area contributed by atoms with E-state index in [0.29, 0.717) is 29.3 Å². The van der Waals surface area contributed by atoms with E-state index in [1.807, 2.05) is 24.3 Å². The number of hydrogen-bond acceptors (Lipinski definition) is 5. The fourth-order valence-corrected chi connectivity index (χ4v) is 1.71. The standard InChI is InChI=1S/C13H14ClN3O2/c1-18-11-7-12(19-2)17-13(16-11)15-8-9-5-3-4-6-10(9)14/h3-7H,8H2,1-2H3,(H,15,16,17). The summed E-state index contributed by atoms with van der Waals surface area (Å²) in [5.41, 5.74) is 0.967. The summed E-state index contributed by atoms with van der Waals surface area (Å²) in [6, 6.07) is 9.20. The number of aromatic nitrogens is 2. The fraction of sp³-hybridized carbons (Fsp3) is 0.231. The van der Waals surface area contributed by atoms with Crippen LogP contribution in [0.1, 0.15) is 5.56 Å². The van der Waals surface area contributed by atoms with Crippen LogP contribution in [0.5, 0.6) is 11.8 Å². The van der Waals surface area contributed by atoms with E-state index in [-0.39, 0.29) is 0 Å². The molecule has 0 spiro atoms. The van der Waals surface area contributed by atoms with Gasteiger partial charge in [-0.3, -0.25) is 0 Å². The Morgan fingerprint density at radius 3 is 2.32 bits per heavy atom. The quantitative estimate of drug-likeness (QED) is 0.912. The summed E-state index contributed by atoms with van der Waals surface area (Å²) >= 11 is 6.08. The van der Waals surface area contributed by atoms with Gasteiger partial charge >= 0.3 is 0 Å². The van der Waals surface area contributed by atoms with Gasteiger partial charge in [0.2, 0.25) is 17.7 Å². The molecule has 2 rings (SSSR count). The van der Waals surface area contributed by atoms with Crippen molar-refractivity contribution in [1.82, 2.24) is 9.97 Å². The number of hydrogen-bond donors (Lipinski definition) is 1. The van der Waals surface area contributed by atoms with Crippen LogP contribution >= 0.6 is 11.6 Å². The van der Waals surface area contributed by atoms with Gasteiger partial charge in [0.15, 0.2) is 0 Å². The number of nitrogens with one attached hydrogen (secondary N) is 1. The molecule has 1 aromatic heterocycles. The highest BCUT2D eigenvalue weighted by molar-refractivity contribution is 6.31. The highest BCUT2D eigenvalue weighted by Crippen LogP contribution is 2.19. The summed E-state index contributed by atoms with van der Waals surface area (Å²) in [5.74, 6) is 1.30. The van der Waals surface area contributed by atoms with Crippen LogP contribution in [-0.2, 0) is 6.54 Å². The molecule has 0 atom stereocenters. The van der Waals surface area contributed by atoms with Crippen LogP contribution < -0.4 is 14.8 Å². The number of methoxy groups -OCH3 is 2. The molecule has 0 unspecified atom stereocenters. The van der Waals surface area contributed by atoms with E-state index in [1.165, 1.54) is 0 Å². The highest BCUT2D eigenvalue weighted by Gasteiger charge is 2.06. The summed E-state index contributed by atoms with van der Waals surface area (Å²) in [7, 11) is 3.08. The number of benzene rings is 1. The van der Waals surface area contributed by atoms with Crippen molar-refractivity contribution in [2.45, 2.75) is 6.54 Å². The zero-order valence-electron chi connectivity index (χ0n) is 10.7. The van der Waals surface area contributed by atoms with Gasteiger partial charge in [-0.25, -0.2) is 0 Å². The number of nitrogens with zero attached hydrogens (tertiary/aromatic N) is 2. The zero-order valence-corrected chi connectivity index (χ0v) is 11.4. The summed E-state index contributed by atoms with van der Waals surface area (Å²) in [6.45, 7) is 0.524. The van der Waals surface area contributed by atoms with Crippen LogP contribution in [0.15, 0.2) is 30.3 Å². The van der Waals surface area contributed by atoms with Gasteiger partial charge in [0.1, 0.15) is 0 Å². The maximum Gasteiger partial charge on any atom is 0.229 e. The Hall–Kier alpha value is -2.01. The lowest BCUT2D eigenvalue weighted by Crippen LogP contribution is -2.05. The predicted octanol–water partition coefficient (Wildman–Crippen LogP) is 2.76. The Balaban J connectivity index is 2.13. The van der Waals surface area contributed by atoms with Crippen molar-refractivity contribution in [3.05, 3.63) is 40.9 Å². The van der Waals surface area contributed by atoms with Gasteiger partial charge in [-0.2, -0.15) is 9.97 Å². The zero-order chi connectivity index (χ0) is 13.7. The third kappa shape index (κ3) is 3.48. The largest absolute Gasteiger partial charge is 0.481 e. The van der Waals surface area contributed by atoms with Gasteiger partial charge in [-0.05, 0) is 11.6 Å². The molecule has 19 heavy (non-hydrogen) atoms.